The Morgan fingerprint density at radius 1 is 1.27 bits per heavy atom. The second-order valence-electron chi connectivity index (χ2n) is 7.68. The summed E-state index contributed by atoms with van der Waals surface area (Å²) >= 11 is 6.75. The summed E-state index contributed by atoms with van der Waals surface area (Å²) in [4.78, 5) is 28.6. The average molecular weight is 377 g/mol. The van der Waals surface area contributed by atoms with Gasteiger partial charge in [-0.05, 0) is 43.2 Å². The monoisotopic (exact) mass is 376 g/mol. The van der Waals surface area contributed by atoms with Crippen molar-refractivity contribution in [3.63, 3.8) is 0 Å². The first-order valence-corrected chi connectivity index (χ1v) is 9.78. The highest BCUT2D eigenvalue weighted by Gasteiger charge is 2.69. The number of amides is 2. The molecule has 1 aromatic carbocycles. The van der Waals surface area contributed by atoms with E-state index in [1.165, 1.54) is 0 Å². The number of anilines is 1. The zero-order chi connectivity index (χ0) is 18.5. The topological polar surface area (TPSA) is 49.9 Å². The van der Waals surface area contributed by atoms with Gasteiger partial charge >= 0.3 is 0 Å². The van der Waals surface area contributed by atoms with Crippen LogP contribution in [0.4, 0.5) is 5.69 Å². The van der Waals surface area contributed by atoms with Crippen LogP contribution in [0.15, 0.2) is 24.3 Å². The highest BCUT2D eigenvalue weighted by atomic mass is 35.5. The lowest BCUT2D eigenvalue weighted by Crippen LogP contribution is -2.47. The van der Waals surface area contributed by atoms with Crippen molar-refractivity contribution in [1.29, 1.82) is 0 Å². The number of alkyl halides is 1. The number of halogens is 1. The molecule has 3 fully saturated rings. The van der Waals surface area contributed by atoms with Crippen LogP contribution in [0, 0.1) is 11.8 Å². The van der Waals surface area contributed by atoms with Gasteiger partial charge in [-0.2, -0.15) is 0 Å². The molecule has 0 spiro atoms. The molecule has 3 atom stereocenters. The van der Waals surface area contributed by atoms with E-state index in [1.54, 1.807) is 24.0 Å². The number of hydrogen-bond acceptors (Lipinski definition) is 3. The smallest absolute Gasteiger partial charge is 0.249 e. The maximum Gasteiger partial charge on any atom is 0.249 e. The van der Waals surface area contributed by atoms with Crippen molar-refractivity contribution < 1.29 is 14.3 Å². The Morgan fingerprint density at radius 3 is 2.62 bits per heavy atom. The van der Waals surface area contributed by atoms with E-state index < -0.39 is 10.9 Å². The van der Waals surface area contributed by atoms with Crippen LogP contribution in [0.5, 0.6) is 5.75 Å². The quantitative estimate of drug-likeness (QED) is 0.759. The van der Waals surface area contributed by atoms with Crippen LogP contribution in [-0.4, -0.2) is 48.3 Å². The van der Waals surface area contributed by atoms with Crippen LogP contribution < -0.4 is 9.64 Å². The van der Waals surface area contributed by atoms with Gasteiger partial charge in [0.2, 0.25) is 11.8 Å². The molecule has 4 rings (SSSR count). The molecule has 3 unspecified atom stereocenters. The van der Waals surface area contributed by atoms with Crippen molar-refractivity contribution >= 4 is 29.1 Å². The molecule has 3 aliphatic rings. The lowest BCUT2D eigenvalue weighted by Gasteiger charge is -2.26. The van der Waals surface area contributed by atoms with E-state index in [4.69, 9.17) is 16.3 Å². The van der Waals surface area contributed by atoms with Gasteiger partial charge in [0.1, 0.15) is 16.7 Å². The molecular formula is C20H25ClN2O3. The standard InChI is InChI=1S/C20H25ClN2O3/c1-22(19(25)20(21)15-8-3-4-9-16(15)20)17-10-11-23(18(17)24)13-6-5-7-14(12-13)26-2/h5-7,12,15-17H,3-4,8-11H2,1-2H3. The van der Waals surface area contributed by atoms with Crippen molar-refractivity contribution in [3.8, 4) is 5.75 Å². The van der Waals surface area contributed by atoms with Crippen LogP contribution in [0.3, 0.4) is 0 Å². The second kappa shape index (κ2) is 6.45. The summed E-state index contributed by atoms with van der Waals surface area (Å²) in [7, 11) is 3.34. The zero-order valence-electron chi connectivity index (χ0n) is 15.3. The molecule has 2 saturated carbocycles. The fourth-order valence-electron chi connectivity index (χ4n) is 4.84. The van der Waals surface area contributed by atoms with Crippen molar-refractivity contribution in [3.05, 3.63) is 24.3 Å². The Kier molecular flexibility index (Phi) is 4.38. The zero-order valence-corrected chi connectivity index (χ0v) is 16.0. The Hall–Kier alpha value is -1.75. The van der Waals surface area contributed by atoms with Crippen molar-refractivity contribution in [2.24, 2.45) is 11.8 Å². The van der Waals surface area contributed by atoms with Gasteiger partial charge in [-0.3, -0.25) is 9.59 Å². The maximum absolute atomic E-state index is 13.1. The van der Waals surface area contributed by atoms with Gasteiger partial charge in [0, 0.05) is 25.3 Å². The molecule has 2 aliphatic carbocycles. The number of methoxy groups -OCH3 is 1. The third kappa shape index (κ3) is 2.59. The highest BCUT2D eigenvalue weighted by molar-refractivity contribution is 6.38. The number of carbonyl (C=O) groups is 2. The Morgan fingerprint density at radius 2 is 1.96 bits per heavy atom. The lowest BCUT2D eigenvalue weighted by atomic mass is 10.0. The number of likely N-dealkylation sites (N-methyl/N-ethyl adjacent to an activating group) is 1. The van der Waals surface area contributed by atoms with Crippen LogP contribution >= 0.6 is 11.6 Å². The molecule has 5 nitrogen and oxygen atoms in total. The normalized spacial score (nSPS) is 33.0. The summed E-state index contributed by atoms with van der Waals surface area (Å²) in [5.74, 6) is 1.18. The SMILES string of the molecule is COc1cccc(N2CCC(N(C)C(=O)C3(Cl)C4CCCCC43)C2=O)c1. The van der Waals surface area contributed by atoms with E-state index in [2.05, 4.69) is 0 Å². The minimum Gasteiger partial charge on any atom is -0.497 e. The molecule has 140 valence electrons. The molecule has 0 radical (unpaired) electrons. The number of rotatable bonds is 4. The molecule has 26 heavy (non-hydrogen) atoms. The maximum atomic E-state index is 13.1. The van der Waals surface area contributed by atoms with Crippen molar-refractivity contribution in [2.45, 2.75) is 43.0 Å². The van der Waals surface area contributed by atoms with E-state index in [0.29, 0.717) is 30.6 Å². The third-order valence-corrected chi connectivity index (χ3v) is 7.12. The minimum absolute atomic E-state index is 0.0435. The first kappa shape index (κ1) is 17.7. The summed E-state index contributed by atoms with van der Waals surface area (Å²) in [5.41, 5.74) is 0.804. The molecule has 1 aromatic rings. The predicted molar refractivity (Wildman–Crippen MR) is 101 cm³/mol. The fourth-order valence-corrected chi connectivity index (χ4v) is 5.43. The molecule has 2 amide bonds. The largest absolute Gasteiger partial charge is 0.497 e. The predicted octanol–water partition coefficient (Wildman–Crippen LogP) is 3.06. The van der Waals surface area contributed by atoms with Crippen LogP contribution in [-0.2, 0) is 9.59 Å². The summed E-state index contributed by atoms with van der Waals surface area (Å²) in [6.07, 6.45) is 4.99. The van der Waals surface area contributed by atoms with E-state index in [1.807, 2.05) is 24.3 Å². The van der Waals surface area contributed by atoms with Gasteiger partial charge in [-0.1, -0.05) is 18.9 Å². The highest BCUT2D eigenvalue weighted by Crippen LogP contribution is 2.63. The Balaban J connectivity index is 1.48. The van der Waals surface area contributed by atoms with Crippen molar-refractivity contribution in [1.82, 2.24) is 4.90 Å². The molecular weight excluding hydrogens is 352 g/mol. The van der Waals surface area contributed by atoms with Gasteiger partial charge < -0.3 is 14.5 Å². The fraction of sp³-hybridized carbons (Fsp3) is 0.600. The van der Waals surface area contributed by atoms with Gasteiger partial charge in [-0.15, -0.1) is 11.6 Å². The Labute approximate surface area is 159 Å². The molecule has 1 heterocycles. The second-order valence-corrected chi connectivity index (χ2v) is 8.30. The molecule has 0 bridgehead atoms. The summed E-state index contributed by atoms with van der Waals surface area (Å²) < 4.78 is 5.25. The van der Waals surface area contributed by atoms with E-state index in [-0.39, 0.29) is 11.8 Å². The molecule has 0 aromatic heterocycles. The third-order valence-electron chi connectivity index (χ3n) is 6.39. The van der Waals surface area contributed by atoms with E-state index >= 15 is 0 Å². The molecule has 6 heteroatoms. The summed E-state index contributed by atoms with van der Waals surface area (Å²) in [5, 5.41) is 0. The minimum atomic E-state index is -0.769. The van der Waals surface area contributed by atoms with Gasteiger partial charge in [-0.25, -0.2) is 0 Å². The number of nitrogens with zero attached hydrogens (tertiary/aromatic N) is 2. The van der Waals surface area contributed by atoms with Gasteiger partial charge in [0.15, 0.2) is 0 Å². The van der Waals surface area contributed by atoms with E-state index in [0.717, 1.165) is 31.4 Å². The molecule has 1 saturated heterocycles. The number of ether oxygens (including phenoxy) is 1. The van der Waals surface area contributed by atoms with Crippen LogP contribution in [0.1, 0.15) is 32.1 Å². The average Bonchev–Trinajstić information content (AvgIpc) is 3.10. The first-order chi connectivity index (χ1) is 12.5. The van der Waals surface area contributed by atoms with Crippen LogP contribution in [0.2, 0.25) is 0 Å². The van der Waals surface area contributed by atoms with Crippen molar-refractivity contribution in [2.75, 3.05) is 25.6 Å². The van der Waals surface area contributed by atoms with E-state index in [9.17, 15) is 9.59 Å². The molecule has 1 aliphatic heterocycles. The number of carbonyl (C=O) groups excluding carboxylic acids is 2. The van der Waals surface area contributed by atoms with Crippen LogP contribution in [0.25, 0.3) is 0 Å². The van der Waals surface area contributed by atoms with Gasteiger partial charge in [0.05, 0.1) is 7.11 Å². The lowest BCUT2D eigenvalue weighted by molar-refractivity contribution is -0.137. The summed E-state index contributed by atoms with van der Waals surface area (Å²) in [6.45, 7) is 0.594. The van der Waals surface area contributed by atoms with Gasteiger partial charge in [0.25, 0.3) is 0 Å². The number of fused-ring (bicyclic) bond motifs is 1. The molecule has 0 N–H and O–H groups in total. The number of benzene rings is 1. The Bertz CT molecular complexity index is 726. The first-order valence-electron chi connectivity index (χ1n) is 9.40. The summed E-state index contributed by atoms with van der Waals surface area (Å²) in [6, 6.07) is 7.02. The number of hydrogen-bond donors (Lipinski definition) is 0.